The third kappa shape index (κ3) is 15.3. The van der Waals surface area contributed by atoms with Crippen molar-refractivity contribution in [1.29, 1.82) is 0 Å². The first-order chi connectivity index (χ1) is 23.7. The molecule has 0 heterocycles. The molecule has 0 atom stereocenters. The number of rotatable bonds is 17. The van der Waals surface area contributed by atoms with Crippen molar-refractivity contribution in [3.63, 3.8) is 0 Å². The van der Waals surface area contributed by atoms with Crippen molar-refractivity contribution in [2.45, 2.75) is 148 Å². The summed E-state index contributed by atoms with van der Waals surface area (Å²) in [7, 11) is 0. The van der Waals surface area contributed by atoms with Gasteiger partial charge in [-0.1, -0.05) is 109 Å². The minimum atomic E-state index is -2.43. The molecule has 2 nitrogen and oxygen atoms in total. The minimum absolute atomic E-state index is 0.105. The number of halogens is 6. The Bertz CT molecular complexity index is 1240. The first kappa shape index (κ1) is 40.5. The van der Waals surface area contributed by atoms with Crippen molar-refractivity contribution in [3.05, 3.63) is 83.8 Å². The van der Waals surface area contributed by atoms with E-state index in [0.29, 0.717) is 11.8 Å². The average Bonchev–Trinajstić information content (AvgIpc) is 3.11. The number of ether oxygens (including phenoxy) is 2. The maximum atomic E-state index is 12.8. The van der Waals surface area contributed by atoms with Crippen LogP contribution < -0.4 is 9.47 Å². The van der Waals surface area contributed by atoms with E-state index in [1.165, 1.54) is 133 Å². The molecule has 4 rings (SSSR count). The molecule has 0 amide bonds. The summed E-state index contributed by atoms with van der Waals surface area (Å²) in [6, 6.07) is 10.1. The maximum Gasteiger partial charge on any atom is 0.344 e. The summed E-state index contributed by atoms with van der Waals surface area (Å²) in [5.41, 5.74) is 2.38. The molecule has 2 aliphatic carbocycles. The van der Waals surface area contributed by atoms with Gasteiger partial charge in [-0.25, -0.2) is 0 Å². The van der Waals surface area contributed by atoms with Gasteiger partial charge in [0.25, 0.3) is 0 Å². The van der Waals surface area contributed by atoms with Gasteiger partial charge in [-0.05, 0) is 110 Å². The minimum Gasteiger partial charge on any atom is -0.428 e. The zero-order valence-corrected chi connectivity index (χ0v) is 29.4. The highest BCUT2D eigenvalue weighted by Gasteiger charge is 2.23. The van der Waals surface area contributed by atoms with Gasteiger partial charge in [0.15, 0.2) is 0 Å². The fourth-order valence-electron chi connectivity index (χ4n) is 7.37. The molecule has 0 aromatic heterocycles. The molecule has 0 aliphatic heterocycles. The molecule has 0 radical (unpaired) electrons. The molecule has 2 fully saturated rings. The van der Waals surface area contributed by atoms with Crippen molar-refractivity contribution in [2.24, 2.45) is 11.8 Å². The molecule has 2 aliphatic rings. The smallest absolute Gasteiger partial charge is 0.344 e. The molecule has 0 bridgehead atoms. The quantitative estimate of drug-likeness (QED) is 0.0932. The molecular weight excluding hydrogens is 638 g/mol. The lowest BCUT2D eigenvalue weighted by atomic mass is 9.77. The Kier molecular flexibility index (Phi) is 18.8. The highest BCUT2D eigenvalue weighted by atomic mass is 19.3. The third-order valence-electron chi connectivity index (χ3n) is 10.3. The zero-order chi connectivity index (χ0) is 35.4. The van der Waals surface area contributed by atoms with Crippen LogP contribution in [0.25, 0.3) is 0 Å². The number of unbranched alkanes of at least 4 members (excludes halogenated alkanes) is 7. The van der Waals surface area contributed by atoms with E-state index in [4.69, 9.17) is 0 Å². The summed E-state index contributed by atoms with van der Waals surface area (Å²) in [6.45, 7) is 4.48. The van der Waals surface area contributed by atoms with Crippen LogP contribution in [0, 0.1) is 11.8 Å². The SMILES string of the molecule is CCCCCCC1CCC(c2ccc(OC(F)=C(F)F)cc2)CC1.CCCCCCCC1CCC(c2ccc(OC(F)=C(F)F)cc2)CC1. The lowest BCUT2D eigenvalue weighted by Gasteiger charge is -2.29. The monoisotopic (exact) mass is 694 g/mol. The van der Waals surface area contributed by atoms with E-state index in [1.54, 1.807) is 24.3 Å². The molecule has 2 aromatic carbocycles. The summed E-state index contributed by atoms with van der Waals surface area (Å²) in [5.74, 6) is 2.95. The average molecular weight is 695 g/mol. The summed E-state index contributed by atoms with van der Waals surface area (Å²) in [4.78, 5) is 0. The molecule has 49 heavy (non-hydrogen) atoms. The van der Waals surface area contributed by atoms with Crippen LogP contribution in [0.15, 0.2) is 72.7 Å². The van der Waals surface area contributed by atoms with Gasteiger partial charge in [-0.15, -0.1) is 0 Å². The second-order valence-electron chi connectivity index (χ2n) is 13.9. The summed E-state index contributed by atoms with van der Waals surface area (Å²) in [5, 5.41) is 0. The van der Waals surface area contributed by atoms with E-state index in [9.17, 15) is 26.3 Å². The van der Waals surface area contributed by atoms with Crippen LogP contribution in [0.4, 0.5) is 26.3 Å². The van der Waals surface area contributed by atoms with Crippen LogP contribution in [-0.2, 0) is 0 Å². The van der Waals surface area contributed by atoms with Gasteiger partial charge in [-0.3, -0.25) is 0 Å². The van der Waals surface area contributed by atoms with Crippen LogP contribution in [0.3, 0.4) is 0 Å². The number of benzene rings is 2. The van der Waals surface area contributed by atoms with E-state index in [1.807, 2.05) is 24.3 Å². The first-order valence-corrected chi connectivity index (χ1v) is 18.7. The second kappa shape index (κ2) is 22.7. The van der Waals surface area contributed by atoms with E-state index in [-0.39, 0.29) is 11.5 Å². The normalized spacial score (nSPS) is 20.5. The molecule has 0 N–H and O–H groups in total. The van der Waals surface area contributed by atoms with Gasteiger partial charge in [0, 0.05) is 0 Å². The largest absolute Gasteiger partial charge is 0.428 e. The van der Waals surface area contributed by atoms with Gasteiger partial charge < -0.3 is 9.47 Å². The fraction of sp³-hybridized carbons (Fsp3) is 0.610. The fourth-order valence-corrected chi connectivity index (χ4v) is 7.37. The third-order valence-corrected chi connectivity index (χ3v) is 10.3. The number of hydrogen-bond acceptors (Lipinski definition) is 2. The van der Waals surface area contributed by atoms with Crippen molar-refractivity contribution < 1.29 is 35.8 Å². The van der Waals surface area contributed by atoms with Gasteiger partial charge >= 0.3 is 24.2 Å². The summed E-state index contributed by atoms with van der Waals surface area (Å²) < 4.78 is 82.7. The van der Waals surface area contributed by atoms with E-state index >= 15 is 0 Å². The highest BCUT2D eigenvalue weighted by molar-refractivity contribution is 5.31. The Hall–Kier alpha value is -2.90. The van der Waals surface area contributed by atoms with E-state index in [0.717, 1.165) is 11.8 Å². The Balaban J connectivity index is 0.000000266. The topological polar surface area (TPSA) is 18.5 Å². The first-order valence-electron chi connectivity index (χ1n) is 18.7. The van der Waals surface area contributed by atoms with Gasteiger partial charge in [0.2, 0.25) is 0 Å². The van der Waals surface area contributed by atoms with Gasteiger partial charge in [-0.2, -0.15) is 26.3 Å². The zero-order valence-electron chi connectivity index (χ0n) is 29.4. The van der Waals surface area contributed by atoms with Crippen LogP contribution in [-0.4, -0.2) is 0 Å². The molecule has 2 aromatic rings. The Morgan fingerprint density at radius 1 is 0.469 bits per heavy atom. The molecule has 0 unspecified atom stereocenters. The standard InChI is InChI=1S/C21H29F3O.C20H27F3O/c1-2-3-4-5-6-7-16-8-10-17(11-9-16)18-12-14-19(15-13-18)25-21(24)20(22)23;1-2-3-4-5-6-15-7-9-16(10-8-15)17-11-13-18(14-12-17)24-20(23)19(21)22/h12-17H,2-11H2,1H3;11-16H,2-10H2,1H3. The molecule has 2 saturated carbocycles. The van der Waals surface area contributed by atoms with Crippen LogP contribution in [0.5, 0.6) is 11.5 Å². The van der Waals surface area contributed by atoms with Crippen molar-refractivity contribution in [3.8, 4) is 11.5 Å². The predicted octanol–water partition coefficient (Wildman–Crippen LogP) is 15.1. The van der Waals surface area contributed by atoms with Crippen LogP contribution >= 0.6 is 0 Å². The summed E-state index contributed by atoms with van der Waals surface area (Å²) in [6.07, 6.45) is 19.6. The molecule has 274 valence electrons. The second-order valence-corrected chi connectivity index (χ2v) is 13.9. The molecule has 0 spiro atoms. The lowest BCUT2D eigenvalue weighted by Crippen LogP contribution is -2.13. The predicted molar refractivity (Wildman–Crippen MR) is 186 cm³/mol. The Morgan fingerprint density at radius 3 is 1.12 bits per heavy atom. The van der Waals surface area contributed by atoms with Crippen LogP contribution in [0.1, 0.15) is 159 Å². The van der Waals surface area contributed by atoms with E-state index < -0.39 is 24.2 Å². The molecule has 0 saturated heterocycles. The Labute approximate surface area is 290 Å². The van der Waals surface area contributed by atoms with Gasteiger partial charge in [0.05, 0.1) is 0 Å². The highest BCUT2D eigenvalue weighted by Crippen LogP contribution is 2.39. The van der Waals surface area contributed by atoms with Crippen molar-refractivity contribution >= 4 is 0 Å². The Morgan fingerprint density at radius 2 is 0.796 bits per heavy atom. The van der Waals surface area contributed by atoms with E-state index in [2.05, 4.69) is 23.3 Å². The number of hydrogen-bond donors (Lipinski definition) is 0. The maximum absolute atomic E-state index is 12.8. The molecular formula is C41H56F6O2. The lowest BCUT2D eigenvalue weighted by molar-refractivity contribution is 0.241. The summed E-state index contributed by atoms with van der Waals surface area (Å²) >= 11 is 0. The van der Waals surface area contributed by atoms with Crippen molar-refractivity contribution in [2.75, 3.05) is 0 Å². The van der Waals surface area contributed by atoms with Crippen LogP contribution in [0.2, 0.25) is 0 Å². The van der Waals surface area contributed by atoms with Gasteiger partial charge in [0.1, 0.15) is 11.5 Å². The molecule has 8 heteroatoms. The van der Waals surface area contributed by atoms with Crippen molar-refractivity contribution in [1.82, 2.24) is 0 Å².